The van der Waals surface area contributed by atoms with E-state index in [9.17, 15) is 10.1 Å². The van der Waals surface area contributed by atoms with Gasteiger partial charge in [0.25, 0.3) is 5.56 Å². The summed E-state index contributed by atoms with van der Waals surface area (Å²) in [5.41, 5.74) is 3.00. The molecule has 1 aliphatic rings. The molecule has 2 aromatic carbocycles. The quantitative estimate of drug-likeness (QED) is 0.507. The molecule has 1 fully saturated rings. The summed E-state index contributed by atoms with van der Waals surface area (Å²) in [5, 5.41) is 13.2. The molecule has 0 bridgehead atoms. The largest absolute Gasteiger partial charge is 0.370 e. The maximum Gasteiger partial charge on any atom is 0.270 e. The number of piperidine rings is 1. The number of aromatic nitrogens is 2. The molecule has 5 rings (SSSR count). The molecular formula is C25H22N4O. The van der Waals surface area contributed by atoms with Crippen LogP contribution >= 0.6 is 0 Å². The van der Waals surface area contributed by atoms with Gasteiger partial charge in [-0.1, -0.05) is 36.4 Å². The Balaban J connectivity index is 1.52. The number of anilines is 1. The predicted molar refractivity (Wildman–Crippen MR) is 120 cm³/mol. The SMILES string of the molecule is Cn1c(=O)c(C#N)c(N2CCC(c3cccc4ccncc34)CC2)c2ccccc21. The lowest BCUT2D eigenvalue weighted by Gasteiger charge is -2.35. The lowest BCUT2D eigenvalue weighted by molar-refractivity contribution is 0.508. The standard InChI is InChI=1S/C25H22N4O/c1-28-23-8-3-2-6-20(23)24(21(15-26)25(28)30)29-13-10-18(11-14-29)19-7-4-5-17-9-12-27-16-22(17)19/h2-9,12,16,18H,10-11,13-14H2,1H3. The van der Waals surface area contributed by atoms with E-state index >= 15 is 0 Å². The molecule has 0 spiro atoms. The smallest absolute Gasteiger partial charge is 0.270 e. The third-order valence-electron chi connectivity index (χ3n) is 6.36. The van der Waals surface area contributed by atoms with Crippen LogP contribution in [0, 0.1) is 11.3 Å². The number of para-hydroxylation sites is 1. The Labute approximate surface area is 174 Å². The minimum atomic E-state index is -0.228. The van der Waals surface area contributed by atoms with Gasteiger partial charge in [-0.25, -0.2) is 0 Å². The Morgan fingerprint density at radius 3 is 2.63 bits per heavy atom. The molecule has 30 heavy (non-hydrogen) atoms. The Bertz CT molecular complexity index is 1350. The van der Waals surface area contributed by atoms with Crippen LogP contribution in [0.15, 0.2) is 65.7 Å². The number of benzene rings is 2. The number of nitriles is 1. The van der Waals surface area contributed by atoms with Gasteiger partial charge in [0.05, 0.1) is 11.2 Å². The van der Waals surface area contributed by atoms with Gasteiger partial charge in [0.15, 0.2) is 0 Å². The van der Waals surface area contributed by atoms with E-state index in [0.717, 1.165) is 42.5 Å². The molecule has 0 atom stereocenters. The van der Waals surface area contributed by atoms with Crippen molar-refractivity contribution in [3.05, 3.63) is 82.4 Å². The highest BCUT2D eigenvalue weighted by Crippen LogP contribution is 2.36. The maximum absolute atomic E-state index is 12.8. The first-order chi connectivity index (χ1) is 14.7. The van der Waals surface area contributed by atoms with E-state index in [4.69, 9.17) is 0 Å². The Hall–Kier alpha value is -3.65. The van der Waals surface area contributed by atoms with Crippen LogP contribution in [-0.2, 0) is 7.05 Å². The van der Waals surface area contributed by atoms with Gasteiger partial charge < -0.3 is 9.47 Å². The van der Waals surface area contributed by atoms with Crippen molar-refractivity contribution in [3.8, 4) is 6.07 Å². The third kappa shape index (κ3) is 2.84. The van der Waals surface area contributed by atoms with E-state index in [0.29, 0.717) is 5.92 Å². The number of aryl methyl sites for hydroxylation is 1. The van der Waals surface area contributed by atoms with E-state index in [1.54, 1.807) is 11.6 Å². The normalized spacial score (nSPS) is 14.9. The van der Waals surface area contributed by atoms with Crippen molar-refractivity contribution >= 4 is 27.4 Å². The molecule has 2 aromatic heterocycles. The third-order valence-corrected chi connectivity index (χ3v) is 6.36. The van der Waals surface area contributed by atoms with Crippen molar-refractivity contribution in [1.82, 2.24) is 9.55 Å². The van der Waals surface area contributed by atoms with Crippen LogP contribution < -0.4 is 10.5 Å². The summed E-state index contributed by atoms with van der Waals surface area (Å²) in [7, 11) is 1.73. The van der Waals surface area contributed by atoms with E-state index in [1.165, 1.54) is 16.3 Å². The van der Waals surface area contributed by atoms with E-state index < -0.39 is 0 Å². The maximum atomic E-state index is 12.8. The lowest BCUT2D eigenvalue weighted by Crippen LogP contribution is -2.35. The highest BCUT2D eigenvalue weighted by atomic mass is 16.1. The fourth-order valence-corrected chi connectivity index (χ4v) is 4.82. The van der Waals surface area contributed by atoms with Gasteiger partial charge in [-0.3, -0.25) is 9.78 Å². The number of pyridine rings is 2. The molecule has 0 amide bonds. The molecule has 1 saturated heterocycles. The summed E-state index contributed by atoms with van der Waals surface area (Å²) >= 11 is 0. The molecule has 3 heterocycles. The van der Waals surface area contributed by atoms with Gasteiger partial charge in [0.2, 0.25) is 0 Å². The van der Waals surface area contributed by atoms with E-state index in [1.807, 2.05) is 36.7 Å². The van der Waals surface area contributed by atoms with Crippen LogP contribution in [0.1, 0.15) is 29.9 Å². The zero-order chi connectivity index (χ0) is 20.7. The van der Waals surface area contributed by atoms with Gasteiger partial charge in [-0.15, -0.1) is 0 Å². The first-order valence-corrected chi connectivity index (χ1v) is 10.3. The molecule has 0 aliphatic carbocycles. The van der Waals surface area contributed by atoms with Crippen molar-refractivity contribution in [3.63, 3.8) is 0 Å². The number of fused-ring (bicyclic) bond motifs is 2. The zero-order valence-electron chi connectivity index (χ0n) is 16.9. The number of rotatable bonds is 2. The Kier molecular flexibility index (Phi) is 4.48. The van der Waals surface area contributed by atoms with E-state index in [-0.39, 0.29) is 11.1 Å². The number of hydrogen-bond acceptors (Lipinski definition) is 4. The van der Waals surface area contributed by atoms with Gasteiger partial charge in [0, 0.05) is 43.3 Å². The molecule has 5 nitrogen and oxygen atoms in total. The average molecular weight is 394 g/mol. The molecule has 4 aromatic rings. The van der Waals surface area contributed by atoms with Crippen molar-refractivity contribution in [1.29, 1.82) is 5.26 Å². The topological polar surface area (TPSA) is 61.9 Å². The molecule has 5 heteroatoms. The average Bonchev–Trinajstić information content (AvgIpc) is 2.81. The van der Waals surface area contributed by atoms with Crippen LogP contribution in [-0.4, -0.2) is 22.6 Å². The van der Waals surface area contributed by atoms with Crippen molar-refractivity contribution < 1.29 is 0 Å². The highest BCUT2D eigenvalue weighted by molar-refractivity contribution is 5.95. The molecule has 0 saturated carbocycles. The summed E-state index contributed by atoms with van der Waals surface area (Å²) < 4.78 is 1.58. The second-order valence-corrected chi connectivity index (χ2v) is 7.92. The second kappa shape index (κ2) is 7.31. The molecule has 1 aliphatic heterocycles. The predicted octanol–water partition coefficient (Wildman–Crippen LogP) is 4.34. The lowest BCUT2D eigenvalue weighted by atomic mass is 9.86. The monoisotopic (exact) mass is 394 g/mol. The second-order valence-electron chi connectivity index (χ2n) is 7.92. The van der Waals surface area contributed by atoms with Crippen LogP contribution in [0.2, 0.25) is 0 Å². The molecule has 0 radical (unpaired) electrons. The minimum absolute atomic E-state index is 0.228. The molecule has 148 valence electrons. The van der Waals surface area contributed by atoms with Gasteiger partial charge in [-0.2, -0.15) is 5.26 Å². The van der Waals surface area contributed by atoms with E-state index in [2.05, 4.69) is 40.2 Å². The first kappa shape index (κ1) is 18.4. The van der Waals surface area contributed by atoms with Gasteiger partial charge >= 0.3 is 0 Å². The molecule has 0 N–H and O–H groups in total. The summed E-state index contributed by atoms with van der Waals surface area (Å²) in [6.07, 6.45) is 5.74. The Morgan fingerprint density at radius 2 is 1.83 bits per heavy atom. The van der Waals surface area contributed by atoms with Crippen molar-refractivity contribution in [2.75, 3.05) is 18.0 Å². The molecular weight excluding hydrogens is 372 g/mol. The Morgan fingerprint density at radius 1 is 1.03 bits per heavy atom. The number of nitrogens with zero attached hydrogens (tertiary/aromatic N) is 4. The zero-order valence-corrected chi connectivity index (χ0v) is 16.9. The number of hydrogen-bond donors (Lipinski definition) is 0. The molecule has 0 unspecified atom stereocenters. The highest BCUT2D eigenvalue weighted by Gasteiger charge is 2.26. The summed E-state index contributed by atoms with van der Waals surface area (Å²) in [4.78, 5) is 19.4. The minimum Gasteiger partial charge on any atom is -0.370 e. The van der Waals surface area contributed by atoms with Crippen LogP contribution in [0.25, 0.3) is 21.7 Å². The summed E-state index contributed by atoms with van der Waals surface area (Å²) in [6.45, 7) is 1.63. The van der Waals surface area contributed by atoms with Crippen LogP contribution in [0.3, 0.4) is 0 Å². The van der Waals surface area contributed by atoms with Crippen LogP contribution in [0.5, 0.6) is 0 Å². The fraction of sp³-hybridized carbons (Fsp3) is 0.240. The van der Waals surface area contributed by atoms with Crippen molar-refractivity contribution in [2.45, 2.75) is 18.8 Å². The van der Waals surface area contributed by atoms with Gasteiger partial charge in [0.1, 0.15) is 11.6 Å². The van der Waals surface area contributed by atoms with Crippen molar-refractivity contribution in [2.24, 2.45) is 7.05 Å². The van der Waals surface area contributed by atoms with Gasteiger partial charge in [-0.05, 0) is 41.8 Å². The fourth-order valence-electron chi connectivity index (χ4n) is 4.82. The summed E-state index contributed by atoms with van der Waals surface area (Å²) in [5.74, 6) is 0.442. The first-order valence-electron chi connectivity index (χ1n) is 10.3. The summed E-state index contributed by atoms with van der Waals surface area (Å²) in [6, 6.07) is 18.5. The van der Waals surface area contributed by atoms with Crippen LogP contribution in [0.4, 0.5) is 5.69 Å².